The van der Waals surface area contributed by atoms with Crippen LogP contribution in [-0.4, -0.2) is 28.5 Å². The summed E-state index contributed by atoms with van der Waals surface area (Å²) in [6.45, 7) is 2.22. The van der Waals surface area contributed by atoms with Gasteiger partial charge in [0, 0.05) is 18.3 Å². The normalized spacial score (nSPS) is 12.1. The van der Waals surface area contributed by atoms with Gasteiger partial charge in [-0.3, -0.25) is 9.59 Å². The van der Waals surface area contributed by atoms with E-state index >= 15 is 0 Å². The lowest BCUT2D eigenvalue weighted by Gasteiger charge is -2.12. The van der Waals surface area contributed by atoms with Gasteiger partial charge in [-0.2, -0.15) is 0 Å². The highest BCUT2D eigenvalue weighted by Crippen LogP contribution is 2.11. The molecular weight excluding hydrogens is 242 g/mol. The second kappa shape index (κ2) is 6.19. The molecule has 1 rings (SSSR count). The Morgan fingerprint density at radius 2 is 2.35 bits per heavy atom. The van der Waals surface area contributed by atoms with Crippen molar-refractivity contribution in [3.8, 4) is 0 Å². The summed E-state index contributed by atoms with van der Waals surface area (Å²) in [6, 6.07) is 0. The largest absolute Gasteiger partial charge is 0.481 e. The number of anilines is 1. The average Bonchev–Trinajstić information content (AvgIpc) is 2.70. The van der Waals surface area contributed by atoms with Gasteiger partial charge in [-0.05, 0) is 5.92 Å². The maximum absolute atomic E-state index is 11.6. The number of carboxylic acid groups (broad SMARTS) is 1. The molecule has 6 nitrogen and oxygen atoms in total. The zero-order chi connectivity index (χ0) is 12.8. The van der Waals surface area contributed by atoms with Crippen LogP contribution in [-0.2, 0) is 4.79 Å². The third kappa shape index (κ3) is 4.39. The monoisotopic (exact) mass is 257 g/mol. The number of rotatable bonds is 6. The topological polar surface area (TPSA) is 105 Å². The number of carbonyl (C=O) groups excluding carboxylic acids is 1. The lowest BCUT2D eigenvalue weighted by molar-refractivity contribution is -0.138. The summed E-state index contributed by atoms with van der Waals surface area (Å²) >= 11 is 1.20. The summed E-state index contributed by atoms with van der Waals surface area (Å²) in [4.78, 5) is 26.0. The quantitative estimate of drug-likeness (QED) is 0.703. The van der Waals surface area contributed by atoms with E-state index < -0.39 is 5.97 Å². The van der Waals surface area contributed by atoms with Gasteiger partial charge in [-0.15, -0.1) is 11.3 Å². The Morgan fingerprint density at radius 3 is 2.82 bits per heavy atom. The van der Waals surface area contributed by atoms with Crippen LogP contribution in [0, 0.1) is 5.92 Å². The molecule has 0 radical (unpaired) electrons. The first-order valence-electron chi connectivity index (χ1n) is 5.24. The van der Waals surface area contributed by atoms with Crippen LogP contribution in [0.3, 0.4) is 0 Å². The number of hydrogen-bond acceptors (Lipinski definition) is 5. The number of nitrogens with zero attached hydrogens (tertiary/aromatic N) is 1. The molecule has 0 bridgehead atoms. The van der Waals surface area contributed by atoms with E-state index in [0.29, 0.717) is 18.1 Å². The van der Waals surface area contributed by atoms with Crippen molar-refractivity contribution < 1.29 is 14.7 Å². The summed E-state index contributed by atoms with van der Waals surface area (Å²) in [6.07, 6.45) is 0.752. The molecule has 7 heteroatoms. The second-order valence-corrected chi connectivity index (χ2v) is 4.54. The number of carbonyl (C=O) groups is 2. The third-order valence-corrected chi connectivity index (χ3v) is 3.02. The lowest BCUT2D eigenvalue weighted by atomic mass is 10.0. The lowest BCUT2D eigenvalue weighted by Crippen LogP contribution is -2.30. The van der Waals surface area contributed by atoms with Crippen LogP contribution in [0.5, 0.6) is 0 Å². The fourth-order valence-corrected chi connectivity index (χ4v) is 1.87. The van der Waals surface area contributed by atoms with E-state index in [2.05, 4.69) is 10.3 Å². The number of aromatic nitrogens is 1. The van der Waals surface area contributed by atoms with Crippen LogP contribution in [0.25, 0.3) is 0 Å². The van der Waals surface area contributed by atoms with Crippen molar-refractivity contribution in [2.75, 3.05) is 12.3 Å². The van der Waals surface area contributed by atoms with Crippen LogP contribution in [0.1, 0.15) is 30.3 Å². The highest BCUT2D eigenvalue weighted by molar-refractivity contribution is 7.13. The van der Waals surface area contributed by atoms with E-state index in [9.17, 15) is 9.59 Å². The van der Waals surface area contributed by atoms with Crippen molar-refractivity contribution in [1.82, 2.24) is 10.3 Å². The molecule has 1 amide bonds. The molecular formula is C10H15N3O3S. The Balaban J connectivity index is 2.44. The molecule has 0 aromatic carbocycles. The van der Waals surface area contributed by atoms with Crippen LogP contribution in [0.4, 0.5) is 5.13 Å². The Kier molecular flexibility index (Phi) is 4.89. The van der Waals surface area contributed by atoms with E-state index in [0.717, 1.165) is 0 Å². The maximum atomic E-state index is 11.6. The molecule has 17 heavy (non-hydrogen) atoms. The number of nitrogen functional groups attached to an aromatic ring is 1. The highest BCUT2D eigenvalue weighted by atomic mass is 32.1. The molecule has 94 valence electrons. The molecule has 0 aliphatic heterocycles. The first-order valence-corrected chi connectivity index (χ1v) is 6.11. The predicted molar refractivity (Wildman–Crippen MR) is 64.9 cm³/mol. The predicted octanol–water partition coefficient (Wildman–Crippen LogP) is 0.956. The number of nitrogens with two attached hydrogens (primary N) is 1. The zero-order valence-electron chi connectivity index (χ0n) is 9.47. The SMILES string of the molecule is CCC(CNC(=O)c1csc(N)n1)CC(=O)O. The molecule has 0 spiro atoms. The van der Waals surface area contributed by atoms with Crippen LogP contribution in [0.15, 0.2) is 5.38 Å². The molecule has 1 aromatic rings. The van der Waals surface area contributed by atoms with Crippen LogP contribution >= 0.6 is 11.3 Å². The van der Waals surface area contributed by atoms with Crippen molar-refractivity contribution in [3.05, 3.63) is 11.1 Å². The molecule has 1 aromatic heterocycles. The molecule has 0 aliphatic rings. The van der Waals surface area contributed by atoms with Gasteiger partial charge in [0.15, 0.2) is 5.13 Å². The molecule has 0 fully saturated rings. The minimum Gasteiger partial charge on any atom is -0.481 e. The Bertz CT molecular complexity index is 405. The van der Waals surface area contributed by atoms with Gasteiger partial charge in [0.25, 0.3) is 5.91 Å². The Hall–Kier alpha value is -1.63. The number of thiazole rings is 1. The van der Waals surface area contributed by atoms with E-state index in [1.807, 2.05) is 6.92 Å². The fraction of sp³-hybridized carbons (Fsp3) is 0.500. The van der Waals surface area contributed by atoms with Gasteiger partial charge in [0.1, 0.15) is 5.69 Å². The smallest absolute Gasteiger partial charge is 0.303 e. The number of carboxylic acids is 1. The minimum atomic E-state index is -0.857. The first-order chi connectivity index (χ1) is 8.02. The van der Waals surface area contributed by atoms with Crippen molar-refractivity contribution in [2.45, 2.75) is 19.8 Å². The van der Waals surface area contributed by atoms with Crippen molar-refractivity contribution in [1.29, 1.82) is 0 Å². The van der Waals surface area contributed by atoms with Gasteiger partial charge < -0.3 is 16.2 Å². The third-order valence-electron chi connectivity index (χ3n) is 2.35. The van der Waals surface area contributed by atoms with E-state index in [-0.39, 0.29) is 23.9 Å². The summed E-state index contributed by atoms with van der Waals surface area (Å²) in [5, 5.41) is 13.2. The fourth-order valence-electron chi connectivity index (χ4n) is 1.33. The number of aliphatic carboxylic acids is 1. The summed E-state index contributed by atoms with van der Waals surface area (Å²) in [5.41, 5.74) is 5.69. The maximum Gasteiger partial charge on any atom is 0.303 e. The van der Waals surface area contributed by atoms with Crippen molar-refractivity contribution >= 4 is 28.3 Å². The van der Waals surface area contributed by atoms with Crippen LogP contribution < -0.4 is 11.1 Å². The molecule has 4 N–H and O–H groups in total. The number of hydrogen-bond donors (Lipinski definition) is 3. The summed E-state index contributed by atoms with van der Waals surface area (Å²) in [5.74, 6) is -1.24. The molecule has 0 saturated heterocycles. The Labute approximate surface area is 103 Å². The first kappa shape index (κ1) is 13.4. The zero-order valence-corrected chi connectivity index (χ0v) is 10.3. The van der Waals surface area contributed by atoms with E-state index in [1.165, 1.54) is 11.3 Å². The average molecular weight is 257 g/mol. The van der Waals surface area contributed by atoms with Crippen molar-refractivity contribution in [2.24, 2.45) is 5.92 Å². The van der Waals surface area contributed by atoms with Gasteiger partial charge in [-0.1, -0.05) is 13.3 Å². The second-order valence-electron chi connectivity index (χ2n) is 3.65. The van der Waals surface area contributed by atoms with E-state index in [4.69, 9.17) is 10.8 Å². The van der Waals surface area contributed by atoms with Gasteiger partial charge in [0.05, 0.1) is 0 Å². The van der Waals surface area contributed by atoms with Crippen LogP contribution in [0.2, 0.25) is 0 Å². The highest BCUT2D eigenvalue weighted by Gasteiger charge is 2.14. The minimum absolute atomic E-state index is 0.0516. The molecule has 1 atom stereocenters. The number of amides is 1. The van der Waals surface area contributed by atoms with Gasteiger partial charge in [-0.25, -0.2) is 4.98 Å². The molecule has 0 saturated carbocycles. The summed E-state index contributed by atoms with van der Waals surface area (Å²) in [7, 11) is 0. The van der Waals surface area contributed by atoms with Gasteiger partial charge >= 0.3 is 5.97 Å². The van der Waals surface area contributed by atoms with E-state index in [1.54, 1.807) is 5.38 Å². The summed E-state index contributed by atoms with van der Waals surface area (Å²) < 4.78 is 0. The van der Waals surface area contributed by atoms with Gasteiger partial charge in [0.2, 0.25) is 0 Å². The van der Waals surface area contributed by atoms with Crippen molar-refractivity contribution in [3.63, 3.8) is 0 Å². The molecule has 0 aliphatic carbocycles. The number of nitrogens with one attached hydrogen (secondary N) is 1. The molecule has 1 heterocycles. The molecule has 1 unspecified atom stereocenters. The Morgan fingerprint density at radius 1 is 1.65 bits per heavy atom. The standard InChI is InChI=1S/C10H15N3O3S/c1-2-6(3-8(14)15)4-12-9(16)7-5-17-10(11)13-7/h5-6H,2-4H2,1H3,(H2,11,13)(H,12,16)(H,14,15).